The van der Waals surface area contributed by atoms with Gasteiger partial charge in [-0.2, -0.15) is 4.31 Å². The molecular formula is C14H27NO2S. The van der Waals surface area contributed by atoms with E-state index in [1.54, 1.807) is 4.31 Å². The highest BCUT2D eigenvalue weighted by molar-refractivity contribution is 7.89. The summed E-state index contributed by atoms with van der Waals surface area (Å²) in [6.07, 6.45) is 5.06. The Morgan fingerprint density at radius 1 is 1.44 bits per heavy atom. The van der Waals surface area contributed by atoms with Gasteiger partial charge >= 0.3 is 0 Å². The Hall–Kier alpha value is -0.350. The Balaban J connectivity index is 2.80. The smallest absolute Gasteiger partial charge is 0.212 e. The number of allylic oxidation sites excluding steroid dienone is 1. The second-order valence-electron chi connectivity index (χ2n) is 6.14. The van der Waals surface area contributed by atoms with Gasteiger partial charge in [0, 0.05) is 12.1 Å². The molecule has 0 N–H and O–H groups in total. The predicted molar refractivity (Wildman–Crippen MR) is 77.0 cm³/mol. The molecule has 18 heavy (non-hydrogen) atoms. The highest BCUT2D eigenvalue weighted by Crippen LogP contribution is 2.31. The average molecular weight is 273 g/mol. The van der Waals surface area contributed by atoms with Crippen LogP contribution < -0.4 is 0 Å². The van der Waals surface area contributed by atoms with Crippen LogP contribution in [0.5, 0.6) is 0 Å². The summed E-state index contributed by atoms with van der Waals surface area (Å²) < 4.78 is 26.5. The fourth-order valence-electron chi connectivity index (χ4n) is 2.62. The number of nitrogens with zero attached hydrogens (tertiary/aromatic N) is 1. The third-order valence-electron chi connectivity index (χ3n) is 3.78. The Bertz CT molecular complexity index is 410. The zero-order chi connectivity index (χ0) is 14.0. The molecule has 1 unspecified atom stereocenters. The van der Waals surface area contributed by atoms with Gasteiger partial charge in [-0.1, -0.05) is 31.9 Å². The highest BCUT2D eigenvalue weighted by atomic mass is 32.2. The van der Waals surface area contributed by atoms with E-state index >= 15 is 0 Å². The first kappa shape index (κ1) is 15.7. The lowest BCUT2D eigenvalue weighted by molar-refractivity contribution is 0.292. The van der Waals surface area contributed by atoms with Crippen molar-refractivity contribution in [3.63, 3.8) is 0 Å². The highest BCUT2D eigenvalue weighted by Gasteiger charge is 2.39. The summed E-state index contributed by atoms with van der Waals surface area (Å²) in [5.41, 5.74) is 0.752. The molecule has 3 nitrogen and oxygen atoms in total. The SMILES string of the molecule is CCC(C)C=C(C)CS(=O)(=O)N1CCCC1(C)C. The van der Waals surface area contributed by atoms with E-state index in [2.05, 4.69) is 19.9 Å². The second-order valence-corrected chi connectivity index (χ2v) is 8.04. The molecule has 1 heterocycles. The van der Waals surface area contributed by atoms with Crippen LogP contribution in [0.15, 0.2) is 11.6 Å². The van der Waals surface area contributed by atoms with Gasteiger partial charge in [0.05, 0.1) is 5.75 Å². The largest absolute Gasteiger partial charge is 0.218 e. The van der Waals surface area contributed by atoms with Gasteiger partial charge in [-0.05, 0) is 39.5 Å². The molecule has 1 rings (SSSR count). The van der Waals surface area contributed by atoms with Crippen LogP contribution in [-0.4, -0.2) is 30.6 Å². The maximum Gasteiger partial charge on any atom is 0.218 e. The van der Waals surface area contributed by atoms with Gasteiger partial charge in [-0.25, -0.2) is 8.42 Å². The summed E-state index contributed by atoms with van der Waals surface area (Å²) in [4.78, 5) is 0. The van der Waals surface area contributed by atoms with Gasteiger partial charge in [0.15, 0.2) is 0 Å². The maximum absolute atomic E-state index is 12.4. The van der Waals surface area contributed by atoms with Crippen LogP contribution in [-0.2, 0) is 10.0 Å². The van der Waals surface area contributed by atoms with Crippen LogP contribution in [0.2, 0.25) is 0 Å². The van der Waals surface area contributed by atoms with Gasteiger partial charge in [0.2, 0.25) is 10.0 Å². The summed E-state index contributed by atoms with van der Waals surface area (Å²) in [5.74, 6) is 0.618. The molecule has 0 bridgehead atoms. The minimum Gasteiger partial charge on any atom is -0.212 e. The van der Waals surface area contributed by atoms with Crippen LogP contribution in [0.4, 0.5) is 0 Å². The molecule has 0 radical (unpaired) electrons. The molecule has 1 fully saturated rings. The lowest BCUT2D eigenvalue weighted by Crippen LogP contribution is -2.43. The van der Waals surface area contributed by atoms with Crippen molar-refractivity contribution >= 4 is 10.0 Å². The summed E-state index contributed by atoms with van der Waals surface area (Å²) in [6.45, 7) is 10.9. The molecule has 0 aliphatic carbocycles. The lowest BCUT2D eigenvalue weighted by Gasteiger charge is -2.30. The minimum absolute atomic E-state index is 0.167. The molecule has 0 aromatic heterocycles. The summed E-state index contributed by atoms with van der Waals surface area (Å²) >= 11 is 0. The van der Waals surface area contributed by atoms with Crippen molar-refractivity contribution in [2.24, 2.45) is 5.92 Å². The van der Waals surface area contributed by atoms with Gasteiger partial charge in [-0.3, -0.25) is 0 Å². The first-order valence-corrected chi connectivity index (χ1v) is 8.48. The zero-order valence-corrected chi connectivity index (χ0v) is 13.2. The summed E-state index contributed by atoms with van der Waals surface area (Å²) in [6, 6.07) is 0. The van der Waals surface area contributed by atoms with Crippen LogP contribution in [0, 0.1) is 5.92 Å². The van der Waals surface area contributed by atoms with Crippen LogP contribution in [0.1, 0.15) is 53.9 Å². The number of hydrogen-bond acceptors (Lipinski definition) is 2. The Morgan fingerprint density at radius 2 is 2.06 bits per heavy atom. The van der Waals surface area contributed by atoms with Crippen molar-refractivity contribution in [2.45, 2.75) is 59.4 Å². The molecule has 4 heteroatoms. The van der Waals surface area contributed by atoms with Crippen molar-refractivity contribution in [3.05, 3.63) is 11.6 Å². The molecule has 0 aromatic rings. The molecule has 1 aliphatic heterocycles. The normalized spacial score (nSPS) is 23.3. The topological polar surface area (TPSA) is 37.4 Å². The van der Waals surface area contributed by atoms with Crippen LogP contribution >= 0.6 is 0 Å². The molecule has 0 aromatic carbocycles. The van der Waals surface area contributed by atoms with E-state index in [4.69, 9.17) is 0 Å². The van der Waals surface area contributed by atoms with Gasteiger partial charge in [0.25, 0.3) is 0 Å². The Labute approximate surface area is 112 Å². The Morgan fingerprint density at radius 3 is 2.50 bits per heavy atom. The van der Waals surface area contributed by atoms with E-state index in [9.17, 15) is 8.42 Å². The molecule has 0 spiro atoms. The fourth-order valence-corrected chi connectivity index (χ4v) is 4.69. The number of hydrogen-bond donors (Lipinski definition) is 0. The van der Waals surface area contributed by atoms with E-state index < -0.39 is 10.0 Å². The van der Waals surface area contributed by atoms with Crippen molar-refractivity contribution in [3.8, 4) is 0 Å². The van der Waals surface area contributed by atoms with Gasteiger partial charge < -0.3 is 0 Å². The standard InChI is InChI=1S/C14H27NO2S/c1-6-12(2)10-13(3)11-18(16,17)15-9-7-8-14(15,4)5/h10,12H,6-9,11H2,1-5H3. The molecule has 0 saturated carbocycles. The first-order chi connectivity index (χ1) is 8.19. The number of rotatable bonds is 5. The summed E-state index contributed by atoms with van der Waals surface area (Å²) in [5, 5.41) is 0. The summed E-state index contributed by atoms with van der Waals surface area (Å²) in [7, 11) is -3.16. The number of sulfonamides is 1. The zero-order valence-electron chi connectivity index (χ0n) is 12.4. The van der Waals surface area contributed by atoms with Gasteiger partial charge in [0.1, 0.15) is 0 Å². The van der Waals surface area contributed by atoms with E-state index in [-0.39, 0.29) is 11.3 Å². The van der Waals surface area contributed by atoms with Crippen LogP contribution in [0.25, 0.3) is 0 Å². The van der Waals surface area contributed by atoms with Gasteiger partial charge in [-0.15, -0.1) is 0 Å². The fraction of sp³-hybridized carbons (Fsp3) is 0.857. The van der Waals surface area contributed by atoms with E-state index in [1.807, 2.05) is 20.8 Å². The molecule has 1 saturated heterocycles. The van der Waals surface area contributed by atoms with Crippen molar-refractivity contribution in [2.75, 3.05) is 12.3 Å². The maximum atomic E-state index is 12.4. The van der Waals surface area contributed by atoms with E-state index in [0.717, 1.165) is 24.8 Å². The third-order valence-corrected chi connectivity index (χ3v) is 5.95. The monoisotopic (exact) mass is 273 g/mol. The second kappa shape index (κ2) is 5.74. The predicted octanol–water partition coefficient (Wildman–Crippen LogP) is 3.18. The van der Waals surface area contributed by atoms with E-state index in [1.165, 1.54) is 0 Å². The molecular weight excluding hydrogens is 246 g/mol. The van der Waals surface area contributed by atoms with Crippen LogP contribution in [0.3, 0.4) is 0 Å². The van der Waals surface area contributed by atoms with Crippen molar-refractivity contribution < 1.29 is 8.42 Å². The quantitative estimate of drug-likeness (QED) is 0.721. The molecule has 0 amide bonds. The van der Waals surface area contributed by atoms with Crippen molar-refractivity contribution in [1.29, 1.82) is 0 Å². The third kappa shape index (κ3) is 3.82. The molecule has 1 aliphatic rings. The lowest BCUT2D eigenvalue weighted by atomic mass is 10.0. The molecule has 1 atom stereocenters. The first-order valence-electron chi connectivity index (χ1n) is 6.87. The Kier molecular flexibility index (Phi) is 5.01. The van der Waals surface area contributed by atoms with E-state index in [0.29, 0.717) is 12.5 Å². The molecule has 106 valence electrons. The minimum atomic E-state index is -3.16. The van der Waals surface area contributed by atoms with Crippen molar-refractivity contribution in [1.82, 2.24) is 4.31 Å². The average Bonchev–Trinajstić information content (AvgIpc) is 2.57.